The summed E-state index contributed by atoms with van der Waals surface area (Å²) in [7, 11) is -1.72. The molecule has 0 aliphatic rings. The van der Waals surface area contributed by atoms with Gasteiger partial charge < -0.3 is 14.6 Å². The van der Waals surface area contributed by atoms with Gasteiger partial charge >= 0.3 is 0 Å². The lowest BCUT2D eigenvalue weighted by atomic mass is 10.2. The molecule has 0 rings (SSSR count). The molecule has 0 aliphatic carbocycles. The first-order valence-electron chi connectivity index (χ1n) is 3.77. The van der Waals surface area contributed by atoms with Crippen molar-refractivity contribution in [2.24, 2.45) is 0 Å². The van der Waals surface area contributed by atoms with Crippen molar-refractivity contribution < 1.29 is 14.6 Å². The number of hydrogen-bond acceptors (Lipinski definition) is 3. The molecule has 0 unspecified atom stereocenters. The van der Waals surface area contributed by atoms with E-state index < -0.39 is 8.38 Å². The van der Waals surface area contributed by atoms with E-state index >= 15 is 0 Å². The van der Waals surface area contributed by atoms with Gasteiger partial charge in [0.25, 0.3) is 0 Å². The number of rotatable bonds is 6. The second kappa shape index (κ2) is 6.71. The standard InChI is InChI=1S/C7H15O3P/c1-7(8)5-3-2-4-6-11(9)10/h9-10H,2-6H2,1H3. The van der Waals surface area contributed by atoms with Gasteiger partial charge in [-0.25, -0.2) is 0 Å². The SMILES string of the molecule is CC(=O)CCCCCP(O)O. The van der Waals surface area contributed by atoms with Crippen LogP contribution in [0.25, 0.3) is 0 Å². The zero-order valence-electron chi connectivity index (χ0n) is 6.79. The summed E-state index contributed by atoms with van der Waals surface area (Å²) in [6.45, 7) is 1.57. The van der Waals surface area contributed by atoms with Crippen molar-refractivity contribution in [1.82, 2.24) is 0 Å². The minimum absolute atomic E-state index is 0.209. The Labute approximate surface area is 68.4 Å². The molecule has 0 saturated carbocycles. The van der Waals surface area contributed by atoms with E-state index in [2.05, 4.69) is 0 Å². The summed E-state index contributed by atoms with van der Waals surface area (Å²) in [5.41, 5.74) is 0. The van der Waals surface area contributed by atoms with Crippen LogP contribution in [-0.4, -0.2) is 21.7 Å². The molecule has 0 aromatic heterocycles. The van der Waals surface area contributed by atoms with E-state index in [1.54, 1.807) is 6.92 Å². The molecule has 0 spiro atoms. The molecule has 0 radical (unpaired) electrons. The molecule has 0 fully saturated rings. The number of carbonyl (C=O) groups is 1. The Bertz CT molecular complexity index is 114. The van der Waals surface area contributed by atoms with Crippen LogP contribution in [0.1, 0.15) is 32.6 Å². The van der Waals surface area contributed by atoms with E-state index in [1.165, 1.54) is 0 Å². The van der Waals surface area contributed by atoms with Crippen LogP contribution < -0.4 is 0 Å². The molecule has 11 heavy (non-hydrogen) atoms. The fourth-order valence-electron chi connectivity index (χ4n) is 0.804. The fraction of sp³-hybridized carbons (Fsp3) is 0.857. The predicted octanol–water partition coefficient (Wildman–Crippen LogP) is 1.43. The van der Waals surface area contributed by atoms with Crippen molar-refractivity contribution in [3.63, 3.8) is 0 Å². The Morgan fingerprint density at radius 2 is 1.91 bits per heavy atom. The van der Waals surface area contributed by atoms with Crippen LogP contribution >= 0.6 is 8.38 Å². The third-order valence-electron chi connectivity index (χ3n) is 1.39. The molecule has 0 bridgehead atoms. The lowest BCUT2D eigenvalue weighted by Crippen LogP contribution is -1.90. The minimum atomic E-state index is -1.72. The lowest BCUT2D eigenvalue weighted by Gasteiger charge is -2.00. The zero-order chi connectivity index (χ0) is 8.69. The second-order valence-electron chi connectivity index (χ2n) is 2.61. The van der Waals surface area contributed by atoms with E-state index in [4.69, 9.17) is 9.79 Å². The highest BCUT2D eigenvalue weighted by Crippen LogP contribution is 2.24. The lowest BCUT2D eigenvalue weighted by molar-refractivity contribution is -0.117. The average molecular weight is 178 g/mol. The van der Waals surface area contributed by atoms with E-state index in [0.717, 1.165) is 19.3 Å². The number of Topliss-reactive ketones (excluding diaryl/α,β-unsaturated/α-hetero) is 1. The molecule has 3 nitrogen and oxygen atoms in total. The average Bonchev–Trinajstić information content (AvgIpc) is 1.85. The van der Waals surface area contributed by atoms with Crippen LogP contribution in [-0.2, 0) is 4.79 Å². The summed E-state index contributed by atoms with van der Waals surface area (Å²) in [4.78, 5) is 27.5. The molecule has 0 aromatic carbocycles. The summed E-state index contributed by atoms with van der Waals surface area (Å²) in [5, 5.41) is 0. The Morgan fingerprint density at radius 1 is 1.27 bits per heavy atom. The highest BCUT2D eigenvalue weighted by atomic mass is 31.2. The van der Waals surface area contributed by atoms with Gasteiger partial charge in [-0.15, -0.1) is 0 Å². The van der Waals surface area contributed by atoms with Crippen LogP contribution in [0.5, 0.6) is 0 Å². The third-order valence-corrected chi connectivity index (χ3v) is 2.10. The van der Waals surface area contributed by atoms with Crippen LogP contribution in [0.3, 0.4) is 0 Å². The topological polar surface area (TPSA) is 57.5 Å². The normalized spacial score (nSPS) is 10.5. The van der Waals surface area contributed by atoms with Crippen molar-refractivity contribution in [1.29, 1.82) is 0 Å². The van der Waals surface area contributed by atoms with E-state index in [1.807, 2.05) is 0 Å². The Balaban J connectivity index is 2.97. The Kier molecular flexibility index (Phi) is 6.73. The molecule has 2 N–H and O–H groups in total. The van der Waals surface area contributed by atoms with Gasteiger partial charge in [0, 0.05) is 12.6 Å². The highest BCUT2D eigenvalue weighted by molar-refractivity contribution is 7.45. The second-order valence-corrected chi connectivity index (χ2v) is 3.80. The Morgan fingerprint density at radius 3 is 2.36 bits per heavy atom. The quantitative estimate of drug-likeness (QED) is 0.478. The van der Waals surface area contributed by atoms with Gasteiger partial charge in [0.05, 0.1) is 0 Å². The van der Waals surface area contributed by atoms with E-state index in [-0.39, 0.29) is 5.78 Å². The molecule has 66 valence electrons. The molecule has 0 heterocycles. The number of hydrogen-bond donors (Lipinski definition) is 2. The first-order valence-corrected chi connectivity index (χ1v) is 5.21. The van der Waals surface area contributed by atoms with Crippen molar-refractivity contribution in [2.75, 3.05) is 6.16 Å². The maximum Gasteiger partial charge on any atom is 0.164 e. The zero-order valence-corrected chi connectivity index (χ0v) is 7.68. The maximum atomic E-state index is 10.4. The van der Waals surface area contributed by atoms with Gasteiger partial charge in [-0.3, -0.25) is 0 Å². The van der Waals surface area contributed by atoms with Crippen molar-refractivity contribution in [3.8, 4) is 0 Å². The summed E-state index contributed by atoms with van der Waals surface area (Å²) in [6, 6.07) is 0. The number of carbonyl (C=O) groups excluding carboxylic acids is 1. The van der Waals surface area contributed by atoms with Gasteiger partial charge in [0.1, 0.15) is 5.78 Å². The molecular formula is C7H15O3P. The molecular weight excluding hydrogens is 163 g/mol. The van der Waals surface area contributed by atoms with E-state index in [9.17, 15) is 4.79 Å². The summed E-state index contributed by atoms with van der Waals surface area (Å²) in [5.74, 6) is 0.209. The number of unbranched alkanes of at least 4 members (excludes halogenated alkanes) is 2. The van der Waals surface area contributed by atoms with Crippen molar-refractivity contribution in [3.05, 3.63) is 0 Å². The monoisotopic (exact) mass is 178 g/mol. The largest absolute Gasteiger partial charge is 0.350 e. The first-order chi connectivity index (χ1) is 5.13. The Hall–Kier alpha value is 0.0200. The smallest absolute Gasteiger partial charge is 0.164 e. The maximum absolute atomic E-state index is 10.4. The summed E-state index contributed by atoms with van der Waals surface area (Å²) >= 11 is 0. The van der Waals surface area contributed by atoms with Gasteiger partial charge in [-0.1, -0.05) is 6.42 Å². The predicted molar refractivity (Wildman–Crippen MR) is 45.4 cm³/mol. The molecule has 0 atom stereocenters. The molecule has 0 aromatic rings. The number of ketones is 1. The molecule has 4 heteroatoms. The van der Waals surface area contributed by atoms with Gasteiger partial charge in [0.2, 0.25) is 0 Å². The van der Waals surface area contributed by atoms with E-state index in [0.29, 0.717) is 12.6 Å². The minimum Gasteiger partial charge on any atom is -0.350 e. The van der Waals surface area contributed by atoms with Crippen molar-refractivity contribution >= 4 is 14.2 Å². The summed E-state index contributed by atoms with van der Waals surface area (Å²) in [6.07, 6.45) is 3.70. The van der Waals surface area contributed by atoms with Crippen LogP contribution in [0.15, 0.2) is 0 Å². The fourth-order valence-corrected chi connectivity index (χ4v) is 1.31. The van der Waals surface area contributed by atoms with Gasteiger partial charge in [-0.05, 0) is 19.8 Å². The molecule has 0 saturated heterocycles. The summed E-state index contributed by atoms with van der Waals surface area (Å²) < 4.78 is 0. The van der Waals surface area contributed by atoms with Crippen LogP contribution in [0, 0.1) is 0 Å². The molecule has 0 aliphatic heterocycles. The van der Waals surface area contributed by atoms with Gasteiger partial charge in [-0.2, -0.15) is 0 Å². The van der Waals surface area contributed by atoms with Crippen molar-refractivity contribution in [2.45, 2.75) is 32.6 Å². The highest BCUT2D eigenvalue weighted by Gasteiger charge is 1.98. The van der Waals surface area contributed by atoms with Crippen LogP contribution in [0.2, 0.25) is 0 Å². The first kappa shape index (κ1) is 11.0. The molecule has 0 amide bonds. The third kappa shape index (κ3) is 10.0. The van der Waals surface area contributed by atoms with Gasteiger partial charge in [0.15, 0.2) is 8.38 Å². The van der Waals surface area contributed by atoms with Crippen LogP contribution in [0.4, 0.5) is 0 Å².